The average Bonchev–Trinajstić information content (AvgIpc) is 2.41. The van der Waals surface area contributed by atoms with E-state index in [1.54, 1.807) is 0 Å². The van der Waals surface area contributed by atoms with E-state index in [2.05, 4.69) is 26.2 Å². The zero-order valence-electron chi connectivity index (χ0n) is 10.6. The van der Waals surface area contributed by atoms with E-state index >= 15 is 0 Å². The first kappa shape index (κ1) is 14.4. The first-order valence-corrected chi connectivity index (χ1v) is 6.67. The molecule has 20 heavy (non-hydrogen) atoms. The molecule has 0 saturated carbocycles. The van der Waals surface area contributed by atoms with Crippen molar-refractivity contribution in [1.82, 2.24) is 4.98 Å². The SMILES string of the molecule is CCNc1ccc([N+](=O)[O-])c(-c2cc(Br)ccc2F)n1. The van der Waals surface area contributed by atoms with Gasteiger partial charge in [0.2, 0.25) is 0 Å². The molecule has 1 N–H and O–H groups in total. The van der Waals surface area contributed by atoms with Crippen molar-refractivity contribution in [3.8, 4) is 11.3 Å². The molecule has 0 atom stereocenters. The molecule has 0 saturated heterocycles. The van der Waals surface area contributed by atoms with Crippen molar-refractivity contribution in [1.29, 1.82) is 0 Å². The monoisotopic (exact) mass is 339 g/mol. The minimum absolute atomic E-state index is 0.00671. The fourth-order valence-electron chi connectivity index (χ4n) is 1.76. The molecular weight excluding hydrogens is 329 g/mol. The first-order chi connectivity index (χ1) is 9.52. The zero-order valence-corrected chi connectivity index (χ0v) is 12.1. The average molecular weight is 340 g/mol. The molecule has 0 spiro atoms. The lowest BCUT2D eigenvalue weighted by atomic mass is 10.1. The van der Waals surface area contributed by atoms with Crippen LogP contribution in [0.25, 0.3) is 11.3 Å². The second-order valence-corrected chi connectivity index (χ2v) is 4.89. The third kappa shape index (κ3) is 2.93. The Balaban J connectivity index is 2.65. The Labute approximate surface area is 123 Å². The minimum Gasteiger partial charge on any atom is -0.370 e. The van der Waals surface area contributed by atoms with Crippen LogP contribution in [0.4, 0.5) is 15.9 Å². The van der Waals surface area contributed by atoms with Crippen LogP contribution in [0.15, 0.2) is 34.8 Å². The van der Waals surface area contributed by atoms with Gasteiger partial charge in [-0.1, -0.05) is 15.9 Å². The fourth-order valence-corrected chi connectivity index (χ4v) is 2.12. The standard InChI is InChI=1S/C13H11BrFN3O2/c1-2-16-12-6-5-11(18(19)20)13(17-12)9-7-8(14)3-4-10(9)15/h3-7H,2H2,1H3,(H,16,17). The van der Waals surface area contributed by atoms with Crippen LogP contribution in [-0.4, -0.2) is 16.5 Å². The van der Waals surface area contributed by atoms with E-state index in [9.17, 15) is 14.5 Å². The Morgan fingerprint density at radius 3 is 2.80 bits per heavy atom. The molecule has 0 aliphatic carbocycles. The highest BCUT2D eigenvalue weighted by Crippen LogP contribution is 2.32. The number of rotatable bonds is 4. The molecule has 2 rings (SSSR count). The van der Waals surface area contributed by atoms with Crippen LogP contribution in [0.2, 0.25) is 0 Å². The normalized spacial score (nSPS) is 10.3. The molecule has 104 valence electrons. The van der Waals surface area contributed by atoms with Gasteiger partial charge >= 0.3 is 0 Å². The Bertz CT molecular complexity index is 664. The molecule has 5 nitrogen and oxygen atoms in total. The summed E-state index contributed by atoms with van der Waals surface area (Å²) in [6.45, 7) is 2.49. The van der Waals surface area contributed by atoms with E-state index in [1.165, 1.54) is 30.3 Å². The highest BCUT2D eigenvalue weighted by molar-refractivity contribution is 9.10. The number of benzene rings is 1. The number of nitro groups is 1. The topological polar surface area (TPSA) is 68.1 Å². The number of halogens is 2. The van der Waals surface area contributed by atoms with Crippen LogP contribution in [-0.2, 0) is 0 Å². The first-order valence-electron chi connectivity index (χ1n) is 5.87. The summed E-state index contributed by atoms with van der Waals surface area (Å²) in [5.41, 5.74) is -0.137. The van der Waals surface area contributed by atoms with Gasteiger partial charge in [-0.25, -0.2) is 9.37 Å². The van der Waals surface area contributed by atoms with E-state index in [-0.39, 0.29) is 16.9 Å². The van der Waals surface area contributed by atoms with Crippen molar-refractivity contribution in [3.63, 3.8) is 0 Å². The maximum Gasteiger partial charge on any atom is 0.295 e. The molecule has 1 heterocycles. The number of aromatic nitrogens is 1. The van der Waals surface area contributed by atoms with Gasteiger partial charge in [-0.15, -0.1) is 0 Å². The largest absolute Gasteiger partial charge is 0.370 e. The highest BCUT2D eigenvalue weighted by Gasteiger charge is 2.20. The lowest BCUT2D eigenvalue weighted by Gasteiger charge is -2.08. The van der Waals surface area contributed by atoms with Crippen LogP contribution in [0, 0.1) is 15.9 Å². The van der Waals surface area contributed by atoms with Gasteiger partial charge in [0.05, 0.1) is 4.92 Å². The molecule has 1 aromatic heterocycles. The summed E-state index contributed by atoms with van der Waals surface area (Å²) in [5, 5.41) is 14.0. The molecule has 0 aliphatic rings. The van der Waals surface area contributed by atoms with Crippen LogP contribution < -0.4 is 5.32 Å². The van der Waals surface area contributed by atoms with Gasteiger partial charge in [0.25, 0.3) is 5.69 Å². The van der Waals surface area contributed by atoms with Crippen LogP contribution in [0.3, 0.4) is 0 Å². The summed E-state index contributed by atoms with van der Waals surface area (Å²) in [7, 11) is 0. The van der Waals surface area contributed by atoms with Gasteiger partial charge in [0.15, 0.2) is 5.69 Å². The third-order valence-electron chi connectivity index (χ3n) is 2.61. The summed E-state index contributed by atoms with van der Waals surface area (Å²) in [6, 6.07) is 7.06. The zero-order chi connectivity index (χ0) is 14.7. The van der Waals surface area contributed by atoms with Gasteiger partial charge in [-0.05, 0) is 31.2 Å². The third-order valence-corrected chi connectivity index (χ3v) is 3.11. The summed E-state index contributed by atoms with van der Waals surface area (Å²) in [6.07, 6.45) is 0. The minimum atomic E-state index is -0.571. The highest BCUT2D eigenvalue weighted by atomic mass is 79.9. The number of anilines is 1. The van der Waals surface area contributed by atoms with Gasteiger partial charge < -0.3 is 5.32 Å². The van der Waals surface area contributed by atoms with Gasteiger partial charge in [-0.2, -0.15) is 0 Å². The van der Waals surface area contributed by atoms with E-state index < -0.39 is 10.7 Å². The van der Waals surface area contributed by atoms with Crippen molar-refractivity contribution in [2.45, 2.75) is 6.92 Å². The summed E-state index contributed by atoms with van der Waals surface area (Å²) in [5.74, 6) is -0.0927. The molecule has 0 unspecified atom stereocenters. The van der Waals surface area contributed by atoms with Crippen molar-refractivity contribution in [3.05, 3.63) is 50.7 Å². The molecule has 1 aromatic carbocycles. The van der Waals surface area contributed by atoms with Crippen molar-refractivity contribution in [2.24, 2.45) is 0 Å². The maximum absolute atomic E-state index is 13.9. The molecular formula is C13H11BrFN3O2. The number of hydrogen-bond acceptors (Lipinski definition) is 4. The molecule has 0 radical (unpaired) electrons. The molecule has 2 aromatic rings. The summed E-state index contributed by atoms with van der Waals surface area (Å²) < 4.78 is 14.5. The Morgan fingerprint density at radius 2 is 2.15 bits per heavy atom. The molecule has 0 bridgehead atoms. The van der Waals surface area contributed by atoms with Crippen LogP contribution in [0.5, 0.6) is 0 Å². The van der Waals surface area contributed by atoms with Gasteiger partial charge in [-0.3, -0.25) is 10.1 Å². The lowest BCUT2D eigenvalue weighted by molar-refractivity contribution is -0.384. The summed E-state index contributed by atoms with van der Waals surface area (Å²) in [4.78, 5) is 14.6. The van der Waals surface area contributed by atoms with Gasteiger partial charge in [0.1, 0.15) is 11.6 Å². The number of nitrogens with zero attached hydrogens (tertiary/aromatic N) is 2. The van der Waals surface area contributed by atoms with E-state index in [1.807, 2.05) is 6.92 Å². The second kappa shape index (κ2) is 5.96. The molecule has 0 fully saturated rings. The molecule has 0 aliphatic heterocycles. The quantitative estimate of drug-likeness (QED) is 0.675. The Hall–Kier alpha value is -2.02. The predicted molar refractivity (Wildman–Crippen MR) is 78.1 cm³/mol. The number of nitrogens with one attached hydrogen (secondary N) is 1. The molecule has 0 amide bonds. The smallest absolute Gasteiger partial charge is 0.295 e. The lowest BCUT2D eigenvalue weighted by Crippen LogP contribution is -2.03. The second-order valence-electron chi connectivity index (χ2n) is 3.98. The van der Waals surface area contributed by atoms with E-state index in [0.29, 0.717) is 16.8 Å². The van der Waals surface area contributed by atoms with Crippen molar-refractivity contribution < 1.29 is 9.31 Å². The Morgan fingerprint density at radius 1 is 1.40 bits per heavy atom. The van der Waals surface area contributed by atoms with Crippen molar-refractivity contribution in [2.75, 3.05) is 11.9 Å². The van der Waals surface area contributed by atoms with E-state index in [0.717, 1.165) is 0 Å². The van der Waals surface area contributed by atoms with E-state index in [4.69, 9.17) is 0 Å². The van der Waals surface area contributed by atoms with Crippen LogP contribution >= 0.6 is 15.9 Å². The molecule has 7 heteroatoms. The number of pyridine rings is 1. The van der Waals surface area contributed by atoms with Crippen molar-refractivity contribution >= 4 is 27.4 Å². The fraction of sp³-hybridized carbons (Fsp3) is 0.154. The Kier molecular flexibility index (Phi) is 4.29. The predicted octanol–water partition coefficient (Wildman–Crippen LogP) is 3.99. The van der Waals surface area contributed by atoms with Crippen LogP contribution in [0.1, 0.15) is 6.92 Å². The summed E-state index contributed by atoms with van der Waals surface area (Å²) >= 11 is 3.22. The maximum atomic E-state index is 13.9. The number of hydrogen-bond donors (Lipinski definition) is 1. The van der Waals surface area contributed by atoms with Gasteiger partial charge in [0, 0.05) is 22.6 Å².